The zero-order chi connectivity index (χ0) is 20.7. The molecule has 0 saturated carbocycles. The first-order chi connectivity index (χ1) is 14.6. The summed E-state index contributed by atoms with van der Waals surface area (Å²) in [5.74, 6) is 0.159. The number of aromatic amines is 1. The summed E-state index contributed by atoms with van der Waals surface area (Å²) in [5.41, 5.74) is 5.11. The Balaban J connectivity index is 1.41. The van der Waals surface area contributed by atoms with Crippen LogP contribution in [0.3, 0.4) is 0 Å². The van der Waals surface area contributed by atoms with Gasteiger partial charge in [-0.3, -0.25) is 9.36 Å². The number of carbonyl (C=O) groups is 1. The number of hydrogen-bond acceptors (Lipinski definition) is 3. The molecule has 2 aromatic carbocycles. The van der Waals surface area contributed by atoms with E-state index < -0.39 is 0 Å². The van der Waals surface area contributed by atoms with E-state index in [2.05, 4.69) is 39.0 Å². The Morgan fingerprint density at radius 2 is 1.90 bits per heavy atom. The summed E-state index contributed by atoms with van der Waals surface area (Å²) in [6, 6.07) is 14.5. The van der Waals surface area contributed by atoms with E-state index in [0.29, 0.717) is 6.42 Å². The van der Waals surface area contributed by atoms with Gasteiger partial charge in [-0.15, -0.1) is 0 Å². The predicted octanol–water partition coefficient (Wildman–Crippen LogP) is 2.63. The van der Waals surface area contributed by atoms with Gasteiger partial charge in [0.1, 0.15) is 0 Å². The van der Waals surface area contributed by atoms with Crippen molar-refractivity contribution in [1.29, 1.82) is 0 Å². The molecule has 1 N–H and O–H groups in total. The van der Waals surface area contributed by atoms with Crippen molar-refractivity contribution < 1.29 is 4.79 Å². The second kappa shape index (κ2) is 7.76. The van der Waals surface area contributed by atoms with Crippen molar-refractivity contribution in [2.45, 2.75) is 31.7 Å². The molecule has 0 bridgehead atoms. The van der Waals surface area contributed by atoms with Crippen LogP contribution in [0.2, 0.25) is 0 Å². The molecule has 1 aromatic heterocycles. The van der Waals surface area contributed by atoms with Crippen LogP contribution in [0, 0.1) is 0 Å². The van der Waals surface area contributed by atoms with Gasteiger partial charge in [0.25, 0.3) is 0 Å². The third-order valence-electron chi connectivity index (χ3n) is 6.69. The van der Waals surface area contributed by atoms with Gasteiger partial charge in [-0.25, -0.2) is 4.79 Å². The lowest BCUT2D eigenvalue weighted by Crippen LogP contribution is -2.45. The smallest absolute Gasteiger partial charge is 0.326 e. The number of hydrogen-bond donors (Lipinski definition) is 1. The summed E-state index contributed by atoms with van der Waals surface area (Å²) in [6.07, 6.45) is 3.75. The molecular weight excluding hydrogens is 376 g/mol. The first-order valence-electron chi connectivity index (χ1n) is 10.9. The minimum atomic E-state index is -0.133. The highest BCUT2D eigenvalue weighted by atomic mass is 16.2. The van der Waals surface area contributed by atoms with Gasteiger partial charge in [0.2, 0.25) is 5.91 Å². The van der Waals surface area contributed by atoms with Gasteiger partial charge in [-0.1, -0.05) is 30.3 Å². The van der Waals surface area contributed by atoms with Crippen LogP contribution in [0.5, 0.6) is 0 Å². The molecule has 1 fully saturated rings. The van der Waals surface area contributed by atoms with Crippen LogP contribution in [0.25, 0.3) is 11.0 Å². The van der Waals surface area contributed by atoms with Gasteiger partial charge in [0.05, 0.1) is 23.5 Å². The van der Waals surface area contributed by atoms with E-state index in [1.165, 1.54) is 24.0 Å². The molecule has 1 amide bonds. The van der Waals surface area contributed by atoms with E-state index in [1.54, 1.807) is 11.6 Å². The molecule has 1 saturated heterocycles. The van der Waals surface area contributed by atoms with E-state index in [4.69, 9.17) is 0 Å². The summed E-state index contributed by atoms with van der Waals surface area (Å²) in [5, 5.41) is 0. The third-order valence-corrected chi connectivity index (χ3v) is 6.69. The molecule has 0 radical (unpaired) electrons. The Bertz CT molecular complexity index is 1140. The number of nitrogens with one attached hydrogen (secondary N) is 1. The Kier molecular flexibility index (Phi) is 4.95. The summed E-state index contributed by atoms with van der Waals surface area (Å²) >= 11 is 0. The first kappa shape index (κ1) is 19.1. The van der Waals surface area contributed by atoms with Crippen molar-refractivity contribution in [2.75, 3.05) is 26.2 Å². The van der Waals surface area contributed by atoms with Crippen molar-refractivity contribution in [1.82, 2.24) is 19.4 Å². The molecule has 6 heteroatoms. The molecule has 2 aliphatic rings. The number of aryl methyl sites for hydroxylation is 1. The number of nitrogens with zero attached hydrogens (tertiary/aromatic N) is 3. The quantitative estimate of drug-likeness (QED) is 0.727. The lowest BCUT2D eigenvalue weighted by molar-refractivity contribution is -0.133. The molecule has 3 heterocycles. The number of H-pyrrole nitrogens is 1. The fourth-order valence-corrected chi connectivity index (χ4v) is 5.03. The minimum absolute atomic E-state index is 0.112. The number of benzene rings is 2. The van der Waals surface area contributed by atoms with Crippen molar-refractivity contribution >= 4 is 16.9 Å². The maximum absolute atomic E-state index is 13.4. The number of rotatable bonds is 4. The topological polar surface area (TPSA) is 61.3 Å². The molecule has 1 atom stereocenters. The van der Waals surface area contributed by atoms with E-state index in [-0.39, 0.29) is 17.6 Å². The Morgan fingerprint density at radius 1 is 1.10 bits per heavy atom. The second-order valence-electron chi connectivity index (χ2n) is 8.58. The monoisotopic (exact) mass is 404 g/mol. The molecule has 156 valence electrons. The van der Waals surface area contributed by atoms with E-state index in [1.807, 2.05) is 18.2 Å². The summed E-state index contributed by atoms with van der Waals surface area (Å²) < 4.78 is 1.59. The van der Waals surface area contributed by atoms with Crippen LogP contribution < -0.4 is 5.69 Å². The van der Waals surface area contributed by atoms with Crippen LogP contribution in [-0.4, -0.2) is 51.4 Å². The van der Waals surface area contributed by atoms with Gasteiger partial charge >= 0.3 is 5.69 Å². The zero-order valence-electron chi connectivity index (χ0n) is 17.4. The Labute approximate surface area is 176 Å². The Hall–Kier alpha value is -2.86. The maximum Gasteiger partial charge on any atom is 0.326 e. The van der Waals surface area contributed by atoms with Crippen molar-refractivity contribution in [3.63, 3.8) is 0 Å². The van der Waals surface area contributed by atoms with Crippen LogP contribution in [-0.2, 0) is 24.7 Å². The fourth-order valence-electron chi connectivity index (χ4n) is 5.03. The standard InChI is InChI=1S/C24H28N4O2/c1-26-21-9-8-17(14-20(21)25-24(26)30)15-23(29)28-13-10-18-6-2-3-7-19(18)22(28)16-27-11-4-5-12-27/h2-3,6-9,14,22H,4-5,10-13,15-16H2,1H3,(H,25,30). The molecule has 6 nitrogen and oxygen atoms in total. The highest BCUT2D eigenvalue weighted by Gasteiger charge is 2.32. The summed E-state index contributed by atoms with van der Waals surface area (Å²) in [6.45, 7) is 3.92. The highest BCUT2D eigenvalue weighted by molar-refractivity contribution is 5.82. The number of carbonyl (C=O) groups excluding carboxylic acids is 1. The lowest BCUT2D eigenvalue weighted by Gasteiger charge is -2.39. The normalized spacial score (nSPS) is 19.4. The number of amides is 1. The molecular formula is C24H28N4O2. The average molecular weight is 405 g/mol. The summed E-state index contributed by atoms with van der Waals surface area (Å²) in [7, 11) is 1.75. The first-order valence-corrected chi connectivity index (χ1v) is 10.9. The SMILES string of the molecule is Cn1c(=O)[nH]c2cc(CC(=O)N3CCc4ccccc4C3CN3CCCC3)ccc21. The number of aromatic nitrogens is 2. The number of likely N-dealkylation sites (tertiary alicyclic amines) is 1. The molecule has 30 heavy (non-hydrogen) atoms. The van der Waals surface area contributed by atoms with E-state index in [0.717, 1.165) is 49.2 Å². The largest absolute Gasteiger partial charge is 0.334 e. The highest BCUT2D eigenvalue weighted by Crippen LogP contribution is 2.32. The maximum atomic E-state index is 13.4. The van der Waals surface area contributed by atoms with Crippen LogP contribution >= 0.6 is 0 Å². The van der Waals surface area contributed by atoms with Crippen LogP contribution in [0.4, 0.5) is 0 Å². The second-order valence-corrected chi connectivity index (χ2v) is 8.58. The van der Waals surface area contributed by atoms with Crippen molar-refractivity contribution in [2.24, 2.45) is 7.05 Å². The van der Waals surface area contributed by atoms with E-state index in [9.17, 15) is 9.59 Å². The lowest BCUT2D eigenvalue weighted by atomic mass is 9.91. The van der Waals surface area contributed by atoms with Gasteiger partial charge < -0.3 is 14.8 Å². The molecule has 1 unspecified atom stereocenters. The van der Waals surface area contributed by atoms with Gasteiger partial charge in [0.15, 0.2) is 0 Å². The predicted molar refractivity (Wildman–Crippen MR) is 118 cm³/mol. The summed E-state index contributed by atoms with van der Waals surface area (Å²) in [4.78, 5) is 32.7. The molecule has 0 aliphatic carbocycles. The number of fused-ring (bicyclic) bond motifs is 2. The average Bonchev–Trinajstić information content (AvgIpc) is 3.36. The third kappa shape index (κ3) is 3.45. The molecule has 0 spiro atoms. The van der Waals surface area contributed by atoms with Gasteiger partial charge in [0, 0.05) is 20.1 Å². The van der Waals surface area contributed by atoms with Crippen molar-refractivity contribution in [3.8, 4) is 0 Å². The van der Waals surface area contributed by atoms with Gasteiger partial charge in [-0.05, 0) is 61.2 Å². The Morgan fingerprint density at radius 3 is 2.73 bits per heavy atom. The molecule has 3 aromatic rings. The zero-order valence-corrected chi connectivity index (χ0v) is 17.4. The molecule has 2 aliphatic heterocycles. The van der Waals surface area contributed by atoms with Gasteiger partial charge in [-0.2, -0.15) is 0 Å². The van der Waals surface area contributed by atoms with Crippen LogP contribution in [0.1, 0.15) is 35.6 Å². The minimum Gasteiger partial charge on any atom is -0.334 e. The fraction of sp³-hybridized carbons (Fsp3) is 0.417. The van der Waals surface area contributed by atoms with E-state index >= 15 is 0 Å². The molecule has 5 rings (SSSR count). The van der Waals surface area contributed by atoms with Crippen LogP contribution in [0.15, 0.2) is 47.3 Å². The van der Waals surface area contributed by atoms with Crippen molar-refractivity contribution in [3.05, 3.63) is 69.6 Å². The number of imidazole rings is 1.